The molecule has 1 saturated carbocycles. The number of rotatable bonds is 4. The van der Waals surface area contributed by atoms with Crippen molar-refractivity contribution in [1.82, 2.24) is 15.2 Å². The molecule has 120 valence electrons. The zero-order valence-electron chi connectivity index (χ0n) is 13.3. The zero-order valence-corrected chi connectivity index (χ0v) is 13.3. The minimum absolute atomic E-state index is 0.107. The maximum absolute atomic E-state index is 12.3. The zero-order chi connectivity index (χ0) is 16.0. The molecule has 0 spiro atoms. The van der Waals surface area contributed by atoms with Crippen LogP contribution in [0.2, 0.25) is 0 Å². The lowest BCUT2D eigenvalue weighted by Gasteiger charge is -2.41. The first-order chi connectivity index (χ1) is 11.1. The summed E-state index contributed by atoms with van der Waals surface area (Å²) in [5.41, 5.74) is 2.71. The van der Waals surface area contributed by atoms with Crippen LogP contribution in [0.4, 0.5) is 0 Å². The van der Waals surface area contributed by atoms with Gasteiger partial charge in [0.2, 0.25) is 5.91 Å². The monoisotopic (exact) mass is 311 g/mol. The fraction of sp³-hybridized carbons (Fsp3) is 0.444. The van der Waals surface area contributed by atoms with E-state index in [1.54, 1.807) is 0 Å². The average Bonchev–Trinajstić information content (AvgIpc) is 3.26. The van der Waals surface area contributed by atoms with Crippen LogP contribution in [0.5, 0.6) is 0 Å². The molecule has 5 nitrogen and oxygen atoms in total. The number of carbonyl (C=O) groups excluding carboxylic acids is 2. The summed E-state index contributed by atoms with van der Waals surface area (Å²) in [6, 6.07) is 8.12. The number of aromatic amines is 1. The van der Waals surface area contributed by atoms with E-state index in [1.165, 1.54) is 5.56 Å². The molecule has 2 heterocycles. The second-order valence-electron chi connectivity index (χ2n) is 6.73. The van der Waals surface area contributed by atoms with Gasteiger partial charge in [-0.15, -0.1) is 0 Å². The maximum atomic E-state index is 12.3. The van der Waals surface area contributed by atoms with E-state index in [2.05, 4.69) is 16.4 Å². The van der Waals surface area contributed by atoms with E-state index in [0.717, 1.165) is 36.7 Å². The van der Waals surface area contributed by atoms with Crippen molar-refractivity contribution in [2.75, 3.05) is 13.1 Å². The highest BCUT2D eigenvalue weighted by Gasteiger charge is 2.40. The molecule has 2 aromatic rings. The highest BCUT2D eigenvalue weighted by atomic mass is 16.2. The number of nitrogens with one attached hydrogen (secondary N) is 2. The molecule has 23 heavy (non-hydrogen) atoms. The molecule has 1 aromatic heterocycles. The summed E-state index contributed by atoms with van der Waals surface area (Å²) in [4.78, 5) is 29.5. The number of benzene rings is 1. The van der Waals surface area contributed by atoms with Crippen LogP contribution in [0.3, 0.4) is 0 Å². The van der Waals surface area contributed by atoms with E-state index in [0.29, 0.717) is 12.2 Å². The van der Waals surface area contributed by atoms with Gasteiger partial charge in [-0.3, -0.25) is 9.59 Å². The largest absolute Gasteiger partial charge is 0.351 e. The van der Waals surface area contributed by atoms with Crippen molar-refractivity contribution in [3.63, 3.8) is 0 Å². The molecule has 5 heteroatoms. The lowest BCUT2D eigenvalue weighted by Crippen LogP contribution is -2.56. The van der Waals surface area contributed by atoms with Gasteiger partial charge in [0.15, 0.2) is 0 Å². The van der Waals surface area contributed by atoms with Crippen LogP contribution in [0.15, 0.2) is 24.3 Å². The molecular weight excluding hydrogens is 290 g/mol. The van der Waals surface area contributed by atoms with Crippen molar-refractivity contribution in [1.29, 1.82) is 0 Å². The van der Waals surface area contributed by atoms with Gasteiger partial charge in [-0.1, -0.05) is 11.6 Å². The third kappa shape index (κ3) is 2.71. The molecule has 1 unspecified atom stereocenters. The number of hydrogen-bond acceptors (Lipinski definition) is 2. The first kappa shape index (κ1) is 14.3. The van der Waals surface area contributed by atoms with Gasteiger partial charge in [0, 0.05) is 29.9 Å². The number of fused-ring (bicyclic) bond motifs is 1. The third-order valence-electron chi connectivity index (χ3n) is 4.87. The number of nitrogens with zero attached hydrogens (tertiary/aromatic N) is 1. The first-order valence-electron chi connectivity index (χ1n) is 8.30. The normalized spacial score (nSPS) is 20.4. The Bertz CT molecular complexity index is 776. The number of amides is 2. The van der Waals surface area contributed by atoms with E-state index in [-0.39, 0.29) is 23.8 Å². The van der Waals surface area contributed by atoms with Gasteiger partial charge in [-0.05, 0) is 44.4 Å². The fourth-order valence-electron chi connectivity index (χ4n) is 3.19. The number of aryl methyl sites for hydroxylation is 1. The van der Waals surface area contributed by atoms with Crippen LogP contribution in [-0.4, -0.2) is 40.8 Å². The highest BCUT2D eigenvalue weighted by Crippen LogP contribution is 2.34. The van der Waals surface area contributed by atoms with E-state index >= 15 is 0 Å². The number of H-pyrrole nitrogens is 1. The van der Waals surface area contributed by atoms with Crippen molar-refractivity contribution in [2.45, 2.75) is 32.2 Å². The molecule has 1 saturated heterocycles. The predicted molar refractivity (Wildman–Crippen MR) is 88.2 cm³/mol. The summed E-state index contributed by atoms with van der Waals surface area (Å²) in [5.74, 6) is 0.423. The Hall–Kier alpha value is -2.30. The quantitative estimate of drug-likeness (QED) is 0.909. The molecule has 1 aliphatic carbocycles. The van der Waals surface area contributed by atoms with Crippen LogP contribution in [0.1, 0.15) is 35.3 Å². The Kier molecular flexibility index (Phi) is 3.36. The van der Waals surface area contributed by atoms with Crippen molar-refractivity contribution in [2.24, 2.45) is 5.92 Å². The molecule has 2 fully saturated rings. The van der Waals surface area contributed by atoms with Gasteiger partial charge in [-0.25, -0.2) is 0 Å². The van der Waals surface area contributed by atoms with Gasteiger partial charge in [0.1, 0.15) is 5.69 Å². The Morgan fingerprint density at radius 2 is 2.09 bits per heavy atom. The van der Waals surface area contributed by atoms with Crippen molar-refractivity contribution in [3.05, 3.63) is 35.5 Å². The summed E-state index contributed by atoms with van der Waals surface area (Å²) in [6.07, 6.45) is 3.04. The van der Waals surface area contributed by atoms with E-state index in [1.807, 2.05) is 30.0 Å². The van der Waals surface area contributed by atoms with Crippen LogP contribution < -0.4 is 5.32 Å². The summed E-state index contributed by atoms with van der Waals surface area (Å²) in [6.45, 7) is 3.40. The SMILES string of the molecule is Cc1ccc2[nH]c(C(=O)NCC3CCN3C(=O)C3CC3)cc2c1. The summed E-state index contributed by atoms with van der Waals surface area (Å²) in [7, 11) is 0. The lowest BCUT2D eigenvalue weighted by atomic mass is 10.0. The fourth-order valence-corrected chi connectivity index (χ4v) is 3.19. The Labute approximate surface area is 135 Å². The molecule has 1 aliphatic heterocycles. The van der Waals surface area contributed by atoms with Gasteiger partial charge in [0.25, 0.3) is 5.91 Å². The second kappa shape index (κ2) is 5.41. The molecular formula is C18H21N3O2. The Morgan fingerprint density at radius 3 is 2.78 bits per heavy atom. The lowest BCUT2D eigenvalue weighted by molar-refractivity contribution is -0.140. The van der Waals surface area contributed by atoms with Crippen LogP contribution in [0.25, 0.3) is 10.9 Å². The molecule has 2 N–H and O–H groups in total. The molecule has 4 rings (SSSR count). The molecule has 0 bridgehead atoms. The minimum Gasteiger partial charge on any atom is -0.351 e. The number of likely N-dealkylation sites (tertiary alicyclic amines) is 1. The third-order valence-corrected chi connectivity index (χ3v) is 4.87. The number of carbonyl (C=O) groups is 2. The Balaban J connectivity index is 1.38. The molecule has 1 atom stereocenters. The number of hydrogen-bond donors (Lipinski definition) is 2. The van der Waals surface area contributed by atoms with Crippen molar-refractivity contribution < 1.29 is 9.59 Å². The summed E-state index contributed by atoms with van der Waals surface area (Å²) < 4.78 is 0. The van der Waals surface area contributed by atoms with Crippen molar-refractivity contribution >= 4 is 22.7 Å². The summed E-state index contributed by atoms with van der Waals surface area (Å²) >= 11 is 0. The predicted octanol–water partition coefficient (Wildman–Crippen LogP) is 2.22. The van der Waals surface area contributed by atoms with Gasteiger partial charge < -0.3 is 15.2 Å². The smallest absolute Gasteiger partial charge is 0.267 e. The van der Waals surface area contributed by atoms with E-state index in [4.69, 9.17) is 0 Å². The molecule has 2 aliphatic rings. The van der Waals surface area contributed by atoms with Gasteiger partial charge in [0.05, 0.1) is 6.04 Å². The van der Waals surface area contributed by atoms with Crippen LogP contribution in [0, 0.1) is 12.8 Å². The standard InChI is InChI=1S/C18H21N3O2/c1-11-2-5-15-13(8-11)9-16(20-15)17(22)19-10-14-6-7-21(14)18(23)12-3-4-12/h2,5,8-9,12,14,20H,3-4,6-7,10H2,1H3,(H,19,22). The van der Waals surface area contributed by atoms with Gasteiger partial charge in [-0.2, -0.15) is 0 Å². The minimum atomic E-state index is -0.107. The topological polar surface area (TPSA) is 65.2 Å². The van der Waals surface area contributed by atoms with Crippen molar-refractivity contribution in [3.8, 4) is 0 Å². The molecule has 2 amide bonds. The first-order valence-corrected chi connectivity index (χ1v) is 8.30. The van der Waals surface area contributed by atoms with Gasteiger partial charge >= 0.3 is 0 Å². The Morgan fingerprint density at radius 1 is 1.26 bits per heavy atom. The maximum Gasteiger partial charge on any atom is 0.267 e. The summed E-state index contributed by atoms with van der Waals surface area (Å²) in [5, 5.41) is 4.00. The van der Waals surface area contributed by atoms with Crippen LogP contribution in [-0.2, 0) is 4.79 Å². The second-order valence-corrected chi connectivity index (χ2v) is 6.73. The van der Waals surface area contributed by atoms with E-state index in [9.17, 15) is 9.59 Å². The highest BCUT2D eigenvalue weighted by molar-refractivity contribution is 5.98. The number of aromatic nitrogens is 1. The van der Waals surface area contributed by atoms with Crippen LogP contribution >= 0.6 is 0 Å². The molecule has 0 radical (unpaired) electrons. The molecule has 1 aromatic carbocycles. The average molecular weight is 311 g/mol. The van der Waals surface area contributed by atoms with E-state index < -0.39 is 0 Å².